The number of anilines is 1. The van der Waals surface area contributed by atoms with E-state index < -0.39 is 10.0 Å². The molecule has 0 aliphatic heterocycles. The van der Waals surface area contributed by atoms with E-state index in [4.69, 9.17) is 0 Å². The van der Waals surface area contributed by atoms with Crippen LogP contribution < -0.4 is 10.0 Å². The molecule has 2 N–H and O–H groups in total. The van der Waals surface area contributed by atoms with E-state index >= 15 is 0 Å². The zero-order valence-electron chi connectivity index (χ0n) is 10.9. The molecule has 2 rings (SSSR count). The van der Waals surface area contributed by atoms with Crippen molar-refractivity contribution in [3.05, 3.63) is 24.8 Å². The van der Waals surface area contributed by atoms with Crippen LogP contribution in [0, 0.1) is 0 Å². The number of nitrogens with zero attached hydrogens (tertiary/aromatic N) is 3. The van der Waals surface area contributed by atoms with Gasteiger partial charge in [-0.25, -0.2) is 23.1 Å². The van der Waals surface area contributed by atoms with Gasteiger partial charge < -0.3 is 9.88 Å². The van der Waals surface area contributed by atoms with Crippen molar-refractivity contribution < 1.29 is 8.42 Å². The van der Waals surface area contributed by atoms with Gasteiger partial charge in [0.1, 0.15) is 10.7 Å². The van der Waals surface area contributed by atoms with Crippen molar-refractivity contribution in [1.82, 2.24) is 19.3 Å². The van der Waals surface area contributed by atoms with Crippen molar-refractivity contribution in [2.24, 2.45) is 7.05 Å². The van der Waals surface area contributed by atoms with Crippen LogP contribution in [0.3, 0.4) is 0 Å². The van der Waals surface area contributed by atoms with Gasteiger partial charge in [0.15, 0.2) is 0 Å². The first-order valence-electron chi connectivity index (χ1n) is 5.57. The molecule has 2 aromatic rings. The van der Waals surface area contributed by atoms with E-state index in [-0.39, 0.29) is 4.90 Å². The summed E-state index contributed by atoms with van der Waals surface area (Å²) in [4.78, 5) is 8.43. The predicted molar refractivity (Wildman–Crippen MR) is 72.2 cm³/mol. The Hall–Kier alpha value is -1.93. The van der Waals surface area contributed by atoms with Crippen LogP contribution in [-0.4, -0.2) is 37.0 Å². The lowest BCUT2D eigenvalue weighted by Crippen LogP contribution is -2.19. The maximum Gasteiger partial charge on any atom is 0.241 e. The standard InChI is InChI=1S/C11H15N5O2S/c1-12-11-9(10-6-16(3)7-15-10)4-8(5-14-11)19(17,18)13-2/h4-7,13H,1-3H3,(H,12,14). The third kappa shape index (κ3) is 2.59. The summed E-state index contributed by atoms with van der Waals surface area (Å²) in [6.45, 7) is 0. The monoisotopic (exact) mass is 281 g/mol. The molecule has 2 aromatic heterocycles. The molecule has 0 aromatic carbocycles. The Kier molecular flexibility index (Phi) is 3.54. The van der Waals surface area contributed by atoms with Crippen molar-refractivity contribution in [3.63, 3.8) is 0 Å². The van der Waals surface area contributed by atoms with Crippen LogP contribution in [0.15, 0.2) is 29.7 Å². The number of hydrogen-bond acceptors (Lipinski definition) is 5. The molecule has 0 saturated carbocycles. The third-order valence-corrected chi connectivity index (χ3v) is 4.04. The van der Waals surface area contributed by atoms with Crippen LogP contribution in [0.5, 0.6) is 0 Å². The summed E-state index contributed by atoms with van der Waals surface area (Å²) in [5.41, 5.74) is 1.30. The number of imidazole rings is 1. The van der Waals surface area contributed by atoms with E-state index in [2.05, 4.69) is 20.0 Å². The fourth-order valence-electron chi connectivity index (χ4n) is 1.66. The fraction of sp³-hybridized carbons (Fsp3) is 0.273. The summed E-state index contributed by atoms with van der Waals surface area (Å²) in [5, 5.41) is 2.92. The molecule has 0 fully saturated rings. The highest BCUT2D eigenvalue weighted by molar-refractivity contribution is 7.89. The molecule has 0 atom stereocenters. The molecule has 7 nitrogen and oxygen atoms in total. The molecule has 0 radical (unpaired) electrons. The van der Waals surface area contributed by atoms with Crippen molar-refractivity contribution in [3.8, 4) is 11.3 Å². The number of rotatable bonds is 4. The highest BCUT2D eigenvalue weighted by atomic mass is 32.2. The minimum Gasteiger partial charge on any atom is -0.373 e. The Morgan fingerprint density at radius 1 is 1.26 bits per heavy atom. The largest absolute Gasteiger partial charge is 0.373 e. The number of hydrogen-bond donors (Lipinski definition) is 2. The van der Waals surface area contributed by atoms with E-state index in [0.717, 1.165) is 0 Å². The number of sulfonamides is 1. The van der Waals surface area contributed by atoms with Crippen molar-refractivity contribution in [2.75, 3.05) is 19.4 Å². The van der Waals surface area contributed by atoms with Gasteiger partial charge in [0.05, 0.1) is 12.0 Å². The van der Waals surface area contributed by atoms with Crippen LogP contribution in [-0.2, 0) is 17.1 Å². The number of pyridine rings is 1. The second kappa shape index (κ2) is 4.98. The molecule has 0 aliphatic rings. The van der Waals surface area contributed by atoms with Crippen molar-refractivity contribution >= 4 is 15.8 Å². The Balaban J connectivity index is 2.61. The zero-order chi connectivity index (χ0) is 14.0. The van der Waals surface area contributed by atoms with Gasteiger partial charge in [0, 0.05) is 32.1 Å². The normalized spacial score (nSPS) is 11.5. The first kappa shape index (κ1) is 13.5. The second-order valence-electron chi connectivity index (χ2n) is 3.95. The maximum atomic E-state index is 11.8. The van der Waals surface area contributed by atoms with Crippen LogP contribution in [0.1, 0.15) is 0 Å². The molecule has 8 heteroatoms. The summed E-state index contributed by atoms with van der Waals surface area (Å²) >= 11 is 0. The van der Waals surface area contributed by atoms with Crippen LogP contribution in [0.2, 0.25) is 0 Å². The lowest BCUT2D eigenvalue weighted by Gasteiger charge is -2.08. The Labute approximate surface area is 111 Å². The Morgan fingerprint density at radius 2 is 2.00 bits per heavy atom. The first-order valence-corrected chi connectivity index (χ1v) is 7.06. The molecular weight excluding hydrogens is 266 g/mol. The molecule has 0 aliphatic carbocycles. The summed E-state index contributed by atoms with van der Waals surface area (Å²) in [5.74, 6) is 0.578. The van der Waals surface area contributed by atoms with E-state index in [1.165, 1.54) is 13.2 Å². The lowest BCUT2D eigenvalue weighted by atomic mass is 10.2. The van der Waals surface area contributed by atoms with Gasteiger partial charge in [0.25, 0.3) is 0 Å². The highest BCUT2D eigenvalue weighted by Crippen LogP contribution is 2.26. The predicted octanol–water partition coefficient (Wildman–Crippen LogP) is 0.432. The molecule has 102 valence electrons. The summed E-state index contributed by atoms with van der Waals surface area (Å²) in [7, 11) is 1.41. The van der Waals surface area contributed by atoms with Gasteiger partial charge in [-0.2, -0.15) is 0 Å². The third-order valence-electron chi connectivity index (χ3n) is 2.66. The average Bonchev–Trinajstić information content (AvgIpc) is 2.84. The maximum absolute atomic E-state index is 11.8. The smallest absolute Gasteiger partial charge is 0.241 e. The minimum atomic E-state index is -3.52. The van der Waals surface area contributed by atoms with Crippen molar-refractivity contribution in [2.45, 2.75) is 4.90 Å². The molecule has 0 spiro atoms. The number of aryl methyl sites for hydroxylation is 1. The second-order valence-corrected chi connectivity index (χ2v) is 5.84. The van der Waals surface area contributed by atoms with E-state index in [1.807, 2.05) is 7.05 Å². The van der Waals surface area contributed by atoms with Gasteiger partial charge >= 0.3 is 0 Å². The molecule has 0 unspecified atom stereocenters. The van der Waals surface area contributed by atoms with Gasteiger partial charge in [-0.05, 0) is 13.1 Å². The minimum absolute atomic E-state index is 0.106. The van der Waals surface area contributed by atoms with Gasteiger partial charge in [0.2, 0.25) is 10.0 Å². The SMILES string of the molecule is CNc1ncc(S(=O)(=O)NC)cc1-c1cn(C)cn1. The molecule has 0 saturated heterocycles. The lowest BCUT2D eigenvalue weighted by molar-refractivity contribution is 0.588. The molecule has 19 heavy (non-hydrogen) atoms. The van der Waals surface area contributed by atoms with Crippen LogP contribution in [0.25, 0.3) is 11.3 Å². The summed E-state index contributed by atoms with van der Waals surface area (Å²) in [6.07, 6.45) is 4.76. The van der Waals surface area contributed by atoms with Crippen LogP contribution >= 0.6 is 0 Å². The molecular formula is C11H15N5O2S. The average molecular weight is 281 g/mol. The molecule has 2 heterocycles. The van der Waals surface area contributed by atoms with E-state index in [9.17, 15) is 8.42 Å². The summed E-state index contributed by atoms with van der Waals surface area (Å²) < 4.78 is 27.6. The Morgan fingerprint density at radius 3 is 2.53 bits per heavy atom. The molecule has 0 amide bonds. The Bertz CT molecular complexity index is 693. The quantitative estimate of drug-likeness (QED) is 0.848. The van der Waals surface area contributed by atoms with Gasteiger partial charge in [-0.3, -0.25) is 0 Å². The fourth-order valence-corrected chi connectivity index (χ4v) is 2.36. The highest BCUT2D eigenvalue weighted by Gasteiger charge is 2.16. The van der Waals surface area contributed by atoms with Crippen molar-refractivity contribution in [1.29, 1.82) is 0 Å². The van der Waals surface area contributed by atoms with Crippen LogP contribution in [0.4, 0.5) is 5.82 Å². The zero-order valence-corrected chi connectivity index (χ0v) is 11.7. The topological polar surface area (TPSA) is 88.9 Å². The first-order chi connectivity index (χ1) is 8.97. The number of aromatic nitrogens is 3. The van der Waals surface area contributed by atoms with Gasteiger partial charge in [-0.15, -0.1) is 0 Å². The summed E-state index contributed by atoms with van der Waals surface area (Å²) in [6, 6.07) is 1.55. The van der Waals surface area contributed by atoms with Gasteiger partial charge in [-0.1, -0.05) is 0 Å². The van der Waals surface area contributed by atoms with E-state index in [0.29, 0.717) is 17.1 Å². The number of nitrogens with one attached hydrogen (secondary N) is 2. The van der Waals surface area contributed by atoms with E-state index in [1.54, 1.807) is 30.2 Å². The molecule has 0 bridgehead atoms.